The van der Waals surface area contributed by atoms with E-state index in [-0.39, 0.29) is 0 Å². The second kappa shape index (κ2) is 8.25. The minimum atomic E-state index is 0.388. The second-order valence-corrected chi connectivity index (χ2v) is 4.81. The third-order valence-electron chi connectivity index (χ3n) is 3.29. The fourth-order valence-corrected chi connectivity index (χ4v) is 2.20. The van der Waals surface area contributed by atoms with E-state index in [1.807, 2.05) is 7.05 Å². The lowest BCUT2D eigenvalue weighted by atomic mass is 10.0. The first-order valence-electron chi connectivity index (χ1n) is 6.59. The molecule has 0 saturated carbocycles. The molecule has 0 amide bonds. The lowest BCUT2D eigenvalue weighted by Gasteiger charge is -2.25. The van der Waals surface area contributed by atoms with Gasteiger partial charge >= 0.3 is 0 Å². The maximum absolute atomic E-state index is 5.09. The van der Waals surface area contributed by atoms with Crippen LogP contribution in [0.25, 0.3) is 0 Å². The van der Waals surface area contributed by atoms with Crippen LogP contribution in [0, 0.1) is 6.92 Å². The number of methoxy groups -OCH3 is 1. The molecule has 0 aromatic heterocycles. The highest BCUT2D eigenvalue weighted by Crippen LogP contribution is 2.17. The summed E-state index contributed by atoms with van der Waals surface area (Å²) in [6, 6.07) is 8.97. The van der Waals surface area contributed by atoms with Crippen LogP contribution in [0.2, 0.25) is 0 Å². The molecule has 0 aliphatic heterocycles. The predicted molar refractivity (Wildman–Crippen MR) is 77.0 cm³/mol. The summed E-state index contributed by atoms with van der Waals surface area (Å²) in [5, 5.41) is 3.41. The van der Waals surface area contributed by atoms with Gasteiger partial charge in [0, 0.05) is 32.8 Å². The van der Waals surface area contributed by atoms with Crippen LogP contribution >= 0.6 is 0 Å². The van der Waals surface area contributed by atoms with Crippen LogP contribution in [0.1, 0.15) is 23.6 Å². The first kappa shape index (κ1) is 15.2. The van der Waals surface area contributed by atoms with Crippen LogP contribution in [-0.4, -0.2) is 45.8 Å². The first-order valence-corrected chi connectivity index (χ1v) is 6.59. The number of ether oxygens (including phenoxy) is 1. The van der Waals surface area contributed by atoms with Crippen molar-refractivity contribution >= 4 is 0 Å². The Kier molecular flexibility index (Phi) is 6.94. The number of aryl methyl sites for hydroxylation is 1. The molecule has 0 fully saturated rings. The third-order valence-corrected chi connectivity index (χ3v) is 3.29. The van der Waals surface area contributed by atoms with Gasteiger partial charge in [0.2, 0.25) is 0 Å². The summed E-state index contributed by atoms with van der Waals surface area (Å²) in [5.41, 5.74) is 2.74. The third kappa shape index (κ3) is 4.77. The van der Waals surface area contributed by atoms with Crippen molar-refractivity contribution in [2.75, 3.05) is 40.9 Å². The fourth-order valence-electron chi connectivity index (χ4n) is 2.20. The lowest BCUT2D eigenvalue weighted by Crippen LogP contribution is -2.32. The number of nitrogens with zero attached hydrogens (tertiary/aromatic N) is 1. The molecule has 0 spiro atoms. The van der Waals surface area contributed by atoms with Crippen LogP contribution in [0.5, 0.6) is 0 Å². The molecule has 1 aromatic rings. The predicted octanol–water partition coefficient (Wildman–Crippen LogP) is 2.22. The average Bonchev–Trinajstić information content (AvgIpc) is 2.37. The van der Waals surface area contributed by atoms with Gasteiger partial charge in [0.05, 0.1) is 0 Å². The van der Waals surface area contributed by atoms with Crippen LogP contribution in [-0.2, 0) is 4.74 Å². The van der Waals surface area contributed by atoms with Gasteiger partial charge < -0.3 is 15.0 Å². The highest BCUT2D eigenvalue weighted by molar-refractivity contribution is 5.28. The molecule has 1 rings (SSSR count). The summed E-state index contributed by atoms with van der Waals surface area (Å²) in [6.07, 6.45) is 1.08. The molecule has 0 aliphatic rings. The van der Waals surface area contributed by atoms with Crippen LogP contribution in [0.4, 0.5) is 0 Å². The molecule has 0 aliphatic carbocycles. The van der Waals surface area contributed by atoms with E-state index in [0.29, 0.717) is 6.04 Å². The molecule has 0 saturated heterocycles. The Morgan fingerprint density at radius 1 is 1.33 bits per heavy atom. The maximum atomic E-state index is 5.09. The van der Waals surface area contributed by atoms with Crippen LogP contribution in [0.3, 0.4) is 0 Å². The van der Waals surface area contributed by atoms with Gasteiger partial charge in [-0.25, -0.2) is 0 Å². The van der Waals surface area contributed by atoms with Crippen LogP contribution < -0.4 is 5.32 Å². The van der Waals surface area contributed by atoms with E-state index in [4.69, 9.17) is 4.74 Å². The van der Waals surface area contributed by atoms with E-state index in [2.05, 4.69) is 48.5 Å². The zero-order chi connectivity index (χ0) is 13.4. The zero-order valence-corrected chi connectivity index (χ0v) is 12.1. The van der Waals surface area contributed by atoms with Gasteiger partial charge in [0.25, 0.3) is 0 Å². The largest absolute Gasteiger partial charge is 0.385 e. The molecule has 0 radical (unpaired) electrons. The minimum absolute atomic E-state index is 0.388. The standard InChI is InChI=1S/C15H26N2O/c1-13-8-5-6-9-14(13)15(16-2)12-17(3)10-7-11-18-4/h5-6,8-9,15-16H,7,10-12H2,1-4H3. The Morgan fingerprint density at radius 3 is 2.67 bits per heavy atom. The Morgan fingerprint density at radius 2 is 2.06 bits per heavy atom. The van der Waals surface area contributed by atoms with Gasteiger partial charge in [-0.05, 0) is 38.6 Å². The van der Waals surface area contributed by atoms with Crippen molar-refractivity contribution in [3.63, 3.8) is 0 Å². The molecule has 0 bridgehead atoms. The monoisotopic (exact) mass is 250 g/mol. The summed E-state index contributed by atoms with van der Waals surface area (Å²) in [6.45, 7) is 5.09. The van der Waals surface area contributed by atoms with Crippen molar-refractivity contribution in [2.45, 2.75) is 19.4 Å². The van der Waals surface area contributed by atoms with Crippen molar-refractivity contribution in [1.82, 2.24) is 10.2 Å². The summed E-state index contributed by atoms with van der Waals surface area (Å²) in [4.78, 5) is 2.35. The van der Waals surface area contributed by atoms with Crippen molar-refractivity contribution in [3.05, 3.63) is 35.4 Å². The normalized spacial score (nSPS) is 12.9. The highest BCUT2D eigenvalue weighted by atomic mass is 16.5. The van der Waals surface area contributed by atoms with Gasteiger partial charge in [-0.2, -0.15) is 0 Å². The quantitative estimate of drug-likeness (QED) is 0.716. The zero-order valence-electron chi connectivity index (χ0n) is 12.1. The number of benzene rings is 1. The molecule has 1 atom stereocenters. The van der Waals surface area contributed by atoms with Crippen LogP contribution in [0.15, 0.2) is 24.3 Å². The Hall–Kier alpha value is -0.900. The number of nitrogens with one attached hydrogen (secondary N) is 1. The van der Waals surface area contributed by atoms with Gasteiger partial charge in [-0.3, -0.25) is 0 Å². The number of rotatable bonds is 8. The molecule has 1 unspecified atom stereocenters. The molecular formula is C15H26N2O. The average molecular weight is 250 g/mol. The minimum Gasteiger partial charge on any atom is -0.385 e. The van der Waals surface area contributed by atoms with E-state index < -0.39 is 0 Å². The van der Waals surface area contributed by atoms with E-state index in [1.54, 1.807) is 7.11 Å². The van der Waals surface area contributed by atoms with Crippen molar-refractivity contribution in [2.24, 2.45) is 0 Å². The molecule has 3 nitrogen and oxygen atoms in total. The molecule has 18 heavy (non-hydrogen) atoms. The lowest BCUT2D eigenvalue weighted by molar-refractivity contribution is 0.176. The van der Waals surface area contributed by atoms with Gasteiger partial charge in [-0.15, -0.1) is 0 Å². The van der Waals surface area contributed by atoms with Gasteiger partial charge in [0.1, 0.15) is 0 Å². The van der Waals surface area contributed by atoms with E-state index in [1.165, 1.54) is 11.1 Å². The highest BCUT2D eigenvalue weighted by Gasteiger charge is 2.13. The maximum Gasteiger partial charge on any atom is 0.0474 e. The molecule has 102 valence electrons. The smallest absolute Gasteiger partial charge is 0.0474 e. The molecule has 1 aromatic carbocycles. The topological polar surface area (TPSA) is 24.5 Å². The Balaban J connectivity index is 2.54. The first-order chi connectivity index (χ1) is 8.69. The molecule has 1 N–H and O–H groups in total. The van der Waals surface area contributed by atoms with Crippen molar-refractivity contribution < 1.29 is 4.74 Å². The number of hydrogen-bond donors (Lipinski definition) is 1. The summed E-state index contributed by atoms with van der Waals surface area (Å²) < 4.78 is 5.09. The number of hydrogen-bond acceptors (Lipinski definition) is 3. The summed E-state index contributed by atoms with van der Waals surface area (Å²) in [7, 11) is 5.95. The van der Waals surface area contributed by atoms with E-state index in [0.717, 1.165) is 26.1 Å². The van der Waals surface area contributed by atoms with Gasteiger partial charge in [-0.1, -0.05) is 24.3 Å². The van der Waals surface area contributed by atoms with E-state index >= 15 is 0 Å². The Bertz CT molecular complexity index is 341. The summed E-state index contributed by atoms with van der Waals surface area (Å²) >= 11 is 0. The van der Waals surface area contributed by atoms with Gasteiger partial charge in [0.15, 0.2) is 0 Å². The molecule has 3 heteroatoms. The molecular weight excluding hydrogens is 224 g/mol. The molecule has 0 heterocycles. The Labute approximate surface area is 111 Å². The fraction of sp³-hybridized carbons (Fsp3) is 0.600. The van der Waals surface area contributed by atoms with Crippen molar-refractivity contribution in [3.8, 4) is 0 Å². The van der Waals surface area contributed by atoms with E-state index in [9.17, 15) is 0 Å². The summed E-state index contributed by atoms with van der Waals surface area (Å²) in [5.74, 6) is 0. The van der Waals surface area contributed by atoms with Crippen molar-refractivity contribution in [1.29, 1.82) is 0 Å². The SMILES string of the molecule is CNC(CN(C)CCCOC)c1ccccc1C. The number of likely N-dealkylation sites (N-methyl/N-ethyl adjacent to an activating group) is 2. The second-order valence-electron chi connectivity index (χ2n) is 4.81.